The molecule has 15 heavy (non-hydrogen) atoms. The van der Waals surface area contributed by atoms with Gasteiger partial charge in [0.1, 0.15) is 0 Å². The van der Waals surface area contributed by atoms with Crippen molar-refractivity contribution in [3.63, 3.8) is 0 Å². The molecule has 1 heterocycles. The minimum atomic E-state index is 0.209. The van der Waals surface area contributed by atoms with Crippen molar-refractivity contribution in [2.24, 2.45) is 11.7 Å². The Labute approximate surface area is 94.2 Å². The zero-order valence-corrected chi connectivity index (χ0v) is 10.3. The zero-order valence-electron chi connectivity index (χ0n) is 10.3. The van der Waals surface area contributed by atoms with Crippen LogP contribution in [-0.2, 0) is 0 Å². The van der Waals surface area contributed by atoms with Crippen LogP contribution in [0.1, 0.15) is 52.4 Å². The first-order valence-electron chi connectivity index (χ1n) is 6.64. The van der Waals surface area contributed by atoms with E-state index < -0.39 is 0 Å². The monoisotopic (exact) mass is 210 g/mol. The predicted molar refractivity (Wildman–Crippen MR) is 64.8 cm³/mol. The van der Waals surface area contributed by atoms with Crippen LogP contribution in [0.15, 0.2) is 0 Å². The minimum absolute atomic E-state index is 0.209. The number of rotatable bonds is 3. The summed E-state index contributed by atoms with van der Waals surface area (Å²) in [6.45, 7) is 7.29. The number of piperidine rings is 1. The molecule has 2 rings (SSSR count). The Hall–Kier alpha value is -0.0800. The van der Waals surface area contributed by atoms with Gasteiger partial charge >= 0.3 is 0 Å². The fourth-order valence-corrected chi connectivity index (χ4v) is 2.98. The molecule has 1 saturated heterocycles. The van der Waals surface area contributed by atoms with Crippen LogP contribution in [0.4, 0.5) is 0 Å². The molecule has 1 saturated carbocycles. The molecule has 2 atom stereocenters. The van der Waals surface area contributed by atoms with Gasteiger partial charge in [0.15, 0.2) is 0 Å². The van der Waals surface area contributed by atoms with E-state index in [0.717, 1.165) is 12.0 Å². The first-order valence-corrected chi connectivity index (χ1v) is 6.64. The van der Waals surface area contributed by atoms with Gasteiger partial charge in [-0.2, -0.15) is 0 Å². The molecule has 2 heteroatoms. The molecule has 0 aromatic rings. The number of hydrogen-bond acceptors (Lipinski definition) is 2. The van der Waals surface area contributed by atoms with Crippen LogP contribution in [0.3, 0.4) is 0 Å². The highest BCUT2D eigenvalue weighted by Gasteiger charge is 2.33. The van der Waals surface area contributed by atoms with Gasteiger partial charge in [-0.05, 0) is 57.9 Å². The Balaban J connectivity index is 1.78. The summed E-state index contributed by atoms with van der Waals surface area (Å²) in [6, 6.07) is 0.766. The summed E-state index contributed by atoms with van der Waals surface area (Å²) < 4.78 is 0. The van der Waals surface area contributed by atoms with Crippen LogP contribution in [-0.4, -0.2) is 29.6 Å². The van der Waals surface area contributed by atoms with Gasteiger partial charge < -0.3 is 10.6 Å². The summed E-state index contributed by atoms with van der Waals surface area (Å²) in [6.07, 6.45) is 7.86. The maximum Gasteiger partial charge on any atom is 0.0166 e. The molecule has 2 unspecified atom stereocenters. The summed E-state index contributed by atoms with van der Waals surface area (Å²) in [5, 5.41) is 0. The molecule has 2 aliphatic rings. The molecule has 1 aliphatic carbocycles. The second-order valence-corrected chi connectivity index (χ2v) is 5.86. The number of nitrogens with zero attached hydrogens (tertiary/aromatic N) is 1. The van der Waals surface area contributed by atoms with E-state index >= 15 is 0 Å². The lowest BCUT2D eigenvalue weighted by atomic mass is 9.75. The number of hydrogen-bond donors (Lipinski definition) is 1. The van der Waals surface area contributed by atoms with Crippen LogP contribution in [0.25, 0.3) is 0 Å². The van der Waals surface area contributed by atoms with E-state index in [4.69, 9.17) is 5.73 Å². The number of nitrogens with two attached hydrogens (primary N) is 1. The Kier molecular flexibility index (Phi) is 3.36. The molecule has 88 valence electrons. The Bertz CT molecular complexity index is 211. The van der Waals surface area contributed by atoms with Crippen molar-refractivity contribution >= 4 is 0 Å². The number of likely N-dealkylation sites (tertiary alicyclic amines) is 1. The average Bonchev–Trinajstić information content (AvgIpc) is 2.17. The van der Waals surface area contributed by atoms with Crippen LogP contribution < -0.4 is 5.73 Å². The van der Waals surface area contributed by atoms with Gasteiger partial charge in [-0.15, -0.1) is 0 Å². The normalized spacial score (nSPS) is 36.2. The van der Waals surface area contributed by atoms with Gasteiger partial charge in [0.2, 0.25) is 0 Å². The van der Waals surface area contributed by atoms with Crippen molar-refractivity contribution in [1.29, 1.82) is 0 Å². The summed E-state index contributed by atoms with van der Waals surface area (Å²) in [5.74, 6) is 0.869. The maximum atomic E-state index is 6.27. The summed E-state index contributed by atoms with van der Waals surface area (Å²) in [4.78, 5) is 2.65. The van der Waals surface area contributed by atoms with Crippen molar-refractivity contribution in [2.75, 3.05) is 13.1 Å². The molecule has 2 nitrogen and oxygen atoms in total. The lowest BCUT2D eigenvalue weighted by Gasteiger charge is -2.43. The van der Waals surface area contributed by atoms with E-state index in [2.05, 4.69) is 18.7 Å². The molecular weight excluding hydrogens is 184 g/mol. The van der Waals surface area contributed by atoms with Crippen molar-refractivity contribution in [2.45, 2.75) is 64.0 Å². The molecule has 0 aromatic heterocycles. The molecule has 2 fully saturated rings. The molecule has 1 aliphatic heterocycles. The summed E-state index contributed by atoms with van der Waals surface area (Å²) in [7, 11) is 0. The second kappa shape index (κ2) is 4.42. The van der Waals surface area contributed by atoms with Crippen LogP contribution in [0, 0.1) is 5.92 Å². The van der Waals surface area contributed by atoms with Crippen molar-refractivity contribution in [3.8, 4) is 0 Å². The molecule has 0 radical (unpaired) electrons. The van der Waals surface area contributed by atoms with E-state index in [-0.39, 0.29) is 5.54 Å². The third kappa shape index (κ3) is 2.54. The van der Waals surface area contributed by atoms with Gasteiger partial charge in [0, 0.05) is 18.1 Å². The maximum absolute atomic E-state index is 6.27. The average molecular weight is 210 g/mol. The van der Waals surface area contributed by atoms with E-state index in [9.17, 15) is 0 Å². The summed E-state index contributed by atoms with van der Waals surface area (Å²) >= 11 is 0. The van der Waals surface area contributed by atoms with E-state index in [1.54, 1.807) is 0 Å². The Morgan fingerprint density at radius 3 is 2.60 bits per heavy atom. The Morgan fingerprint density at radius 1 is 1.27 bits per heavy atom. The molecule has 0 amide bonds. The molecule has 0 aromatic carbocycles. The fraction of sp³-hybridized carbons (Fsp3) is 1.00. The van der Waals surface area contributed by atoms with Crippen molar-refractivity contribution in [3.05, 3.63) is 0 Å². The first kappa shape index (κ1) is 11.4. The Morgan fingerprint density at radius 2 is 2.00 bits per heavy atom. The van der Waals surface area contributed by atoms with Gasteiger partial charge in [0.05, 0.1) is 0 Å². The van der Waals surface area contributed by atoms with E-state index in [1.165, 1.54) is 51.6 Å². The van der Waals surface area contributed by atoms with Gasteiger partial charge in [-0.1, -0.05) is 6.92 Å². The fourth-order valence-electron chi connectivity index (χ4n) is 2.98. The molecule has 0 spiro atoms. The zero-order chi connectivity index (χ0) is 10.9. The molecule has 0 bridgehead atoms. The van der Waals surface area contributed by atoms with Gasteiger partial charge in [0.25, 0.3) is 0 Å². The van der Waals surface area contributed by atoms with Crippen molar-refractivity contribution < 1.29 is 0 Å². The third-order valence-corrected chi connectivity index (χ3v) is 4.75. The molecule has 2 N–H and O–H groups in total. The standard InChI is InChI=1S/C13H26N2/c1-11-5-3-9-15(12(11)2)10-8-13(14)6-4-7-13/h11-12H,3-10,14H2,1-2H3. The van der Waals surface area contributed by atoms with Crippen molar-refractivity contribution in [1.82, 2.24) is 4.90 Å². The quantitative estimate of drug-likeness (QED) is 0.775. The predicted octanol–water partition coefficient (Wildman–Crippen LogP) is 2.38. The topological polar surface area (TPSA) is 29.3 Å². The van der Waals surface area contributed by atoms with Crippen LogP contribution in [0.5, 0.6) is 0 Å². The molecular formula is C13H26N2. The van der Waals surface area contributed by atoms with Crippen LogP contribution >= 0.6 is 0 Å². The minimum Gasteiger partial charge on any atom is -0.325 e. The highest BCUT2D eigenvalue weighted by Crippen LogP contribution is 2.33. The van der Waals surface area contributed by atoms with Gasteiger partial charge in [-0.25, -0.2) is 0 Å². The summed E-state index contributed by atoms with van der Waals surface area (Å²) in [5.41, 5.74) is 6.48. The van der Waals surface area contributed by atoms with Gasteiger partial charge in [-0.3, -0.25) is 0 Å². The van der Waals surface area contributed by atoms with E-state index in [0.29, 0.717) is 0 Å². The smallest absolute Gasteiger partial charge is 0.0166 e. The highest BCUT2D eigenvalue weighted by molar-refractivity contribution is 4.93. The lowest BCUT2D eigenvalue weighted by Crippen LogP contribution is -2.51. The largest absolute Gasteiger partial charge is 0.325 e. The second-order valence-electron chi connectivity index (χ2n) is 5.86. The lowest BCUT2D eigenvalue weighted by molar-refractivity contribution is 0.0924. The first-order chi connectivity index (χ1) is 7.11. The van der Waals surface area contributed by atoms with E-state index in [1.807, 2.05) is 0 Å². The van der Waals surface area contributed by atoms with Crippen LogP contribution in [0.2, 0.25) is 0 Å². The SMILES string of the molecule is CC1CCCN(CCC2(N)CCC2)C1C. The highest BCUT2D eigenvalue weighted by atomic mass is 15.2. The third-order valence-electron chi connectivity index (χ3n) is 4.75.